The third-order valence-corrected chi connectivity index (χ3v) is 5.31. The van der Waals surface area contributed by atoms with E-state index in [0.29, 0.717) is 27.1 Å². The van der Waals surface area contributed by atoms with E-state index in [0.717, 1.165) is 6.07 Å². The molecule has 10 heteroatoms. The van der Waals surface area contributed by atoms with Crippen molar-refractivity contribution < 1.29 is 22.8 Å². The molecule has 3 rings (SSSR count). The number of nitrogens with zero attached hydrogens (tertiary/aromatic N) is 2. The highest BCUT2D eigenvalue weighted by Crippen LogP contribution is 2.35. The van der Waals surface area contributed by atoms with Crippen LogP contribution in [0.5, 0.6) is 0 Å². The normalized spacial score (nSPS) is 11.6. The first-order valence-corrected chi connectivity index (χ1v) is 10.1. The molecular formula is C22H18BrF3N4O2. The van der Waals surface area contributed by atoms with Gasteiger partial charge in [-0.3, -0.25) is 9.59 Å². The van der Waals surface area contributed by atoms with E-state index >= 15 is 0 Å². The summed E-state index contributed by atoms with van der Waals surface area (Å²) in [4.78, 5) is 24.0. The lowest BCUT2D eigenvalue weighted by atomic mass is 10.1. The molecule has 0 aliphatic carbocycles. The van der Waals surface area contributed by atoms with Gasteiger partial charge in [-0.25, -0.2) is 5.43 Å². The smallest absolute Gasteiger partial charge is 0.317 e. The first kappa shape index (κ1) is 23.3. The van der Waals surface area contributed by atoms with E-state index in [-0.39, 0.29) is 5.69 Å². The largest absolute Gasteiger partial charge is 0.418 e. The maximum absolute atomic E-state index is 13.4. The van der Waals surface area contributed by atoms with Gasteiger partial charge in [0.15, 0.2) is 0 Å². The van der Waals surface area contributed by atoms with Gasteiger partial charge in [0.25, 0.3) is 0 Å². The number of nitrogens with one attached hydrogen (secondary N) is 2. The van der Waals surface area contributed by atoms with Gasteiger partial charge in [0.2, 0.25) is 0 Å². The Kier molecular flexibility index (Phi) is 6.83. The second-order valence-electron chi connectivity index (χ2n) is 6.81. The van der Waals surface area contributed by atoms with Gasteiger partial charge in [0.1, 0.15) is 0 Å². The number of aromatic nitrogens is 1. The van der Waals surface area contributed by atoms with E-state index in [4.69, 9.17) is 0 Å². The van der Waals surface area contributed by atoms with E-state index in [2.05, 4.69) is 31.8 Å². The standard InChI is InChI=1S/C22H18BrF3N4O2/c1-13-11-15(14(2)30(13)19-10-6-3-7-16(19)22(24,25)26)12-27-29-21(32)20(31)28-18-9-5-4-8-17(18)23/h3-12H,1-2H3,(H,28,31)(H,29,32)/b27-12-. The van der Waals surface area contributed by atoms with E-state index in [1.807, 2.05) is 0 Å². The first-order valence-electron chi connectivity index (χ1n) is 9.34. The highest BCUT2D eigenvalue weighted by Gasteiger charge is 2.34. The molecular weight excluding hydrogens is 489 g/mol. The van der Waals surface area contributed by atoms with E-state index < -0.39 is 23.6 Å². The van der Waals surface area contributed by atoms with Crippen molar-refractivity contribution in [2.75, 3.05) is 5.32 Å². The first-order chi connectivity index (χ1) is 15.1. The predicted octanol–water partition coefficient (Wildman–Crippen LogP) is 4.96. The molecule has 6 nitrogen and oxygen atoms in total. The molecule has 2 N–H and O–H groups in total. The molecule has 2 amide bonds. The molecule has 0 aliphatic heterocycles. The second kappa shape index (κ2) is 9.39. The summed E-state index contributed by atoms with van der Waals surface area (Å²) in [6, 6.07) is 13.7. The number of carbonyl (C=O) groups is 2. The van der Waals surface area contributed by atoms with Gasteiger partial charge in [-0.05, 0) is 60.1 Å². The van der Waals surface area contributed by atoms with Gasteiger partial charge < -0.3 is 9.88 Å². The lowest BCUT2D eigenvalue weighted by molar-refractivity contribution is -0.137. The molecule has 0 bridgehead atoms. The van der Waals surface area contributed by atoms with Crippen LogP contribution in [0.4, 0.5) is 18.9 Å². The predicted molar refractivity (Wildman–Crippen MR) is 119 cm³/mol. The molecule has 1 aromatic heterocycles. The van der Waals surface area contributed by atoms with Crippen LogP contribution in [0.1, 0.15) is 22.5 Å². The van der Waals surface area contributed by atoms with Crippen molar-refractivity contribution >= 4 is 39.6 Å². The van der Waals surface area contributed by atoms with Crippen LogP contribution in [-0.4, -0.2) is 22.6 Å². The minimum atomic E-state index is -4.51. The zero-order chi connectivity index (χ0) is 23.5. The highest BCUT2D eigenvalue weighted by atomic mass is 79.9. The number of hydrogen-bond acceptors (Lipinski definition) is 3. The average molecular weight is 507 g/mol. The average Bonchev–Trinajstić information content (AvgIpc) is 3.02. The van der Waals surface area contributed by atoms with Crippen molar-refractivity contribution in [2.45, 2.75) is 20.0 Å². The van der Waals surface area contributed by atoms with Crippen LogP contribution >= 0.6 is 15.9 Å². The fraction of sp³-hybridized carbons (Fsp3) is 0.136. The van der Waals surface area contributed by atoms with Gasteiger partial charge in [0, 0.05) is 21.4 Å². The van der Waals surface area contributed by atoms with Crippen LogP contribution in [-0.2, 0) is 15.8 Å². The summed E-state index contributed by atoms with van der Waals surface area (Å²) in [5.41, 5.74) is 3.31. The quantitative estimate of drug-likeness (QED) is 0.298. The van der Waals surface area contributed by atoms with Gasteiger partial charge >= 0.3 is 18.0 Å². The molecule has 2 aromatic carbocycles. The number of hydrogen-bond donors (Lipinski definition) is 2. The maximum Gasteiger partial charge on any atom is 0.418 e. The van der Waals surface area contributed by atoms with Crippen molar-refractivity contribution in [3.63, 3.8) is 0 Å². The SMILES string of the molecule is Cc1cc(/C=N\NC(=O)C(=O)Nc2ccccc2Br)c(C)n1-c1ccccc1C(F)(F)F. The van der Waals surface area contributed by atoms with Gasteiger partial charge in [-0.2, -0.15) is 18.3 Å². The van der Waals surface area contributed by atoms with Crippen LogP contribution in [0.15, 0.2) is 64.2 Å². The number of aryl methyl sites for hydroxylation is 1. The minimum Gasteiger partial charge on any atom is -0.317 e. The number of halogens is 4. The Morgan fingerprint density at radius 3 is 2.38 bits per heavy atom. The minimum absolute atomic E-state index is 0.00787. The Morgan fingerprint density at radius 1 is 1.03 bits per heavy atom. The summed E-state index contributed by atoms with van der Waals surface area (Å²) in [5, 5.41) is 6.22. The molecule has 32 heavy (non-hydrogen) atoms. The number of carbonyl (C=O) groups excluding carboxylic acids is 2. The monoisotopic (exact) mass is 506 g/mol. The summed E-state index contributed by atoms with van der Waals surface area (Å²) >= 11 is 3.26. The Hall–Kier alpha value is -3.40. The molecule has 0 fully saturated rings. The fourth-order valence-corrected chi connectivity index (χ4v) is 3.53. The molecule has 1 heterocycles. The topological polar surface area (TPSA) is 75.5 Å². The van der Waals surface area contributed by atoms with Crippen molar-refractivity contribution in [1.29, 1.82) is 0 Å². The molecule has 0 saturated carbocycles. The fourth-order valence-electron chi connectivity index (χ4n) is 3.15. The van der Waals surface area contributed by atoms with E-state index in [1.165, 1.54) is 29.0 Å². The van der Waals surface area contributed by atoms with Crippen LogP contribution < -0.4 is 10.7 Å². The van der Waals surface area contributed by atoms with E-state index in [1.54, 1.807) is 44.2 Å². The Labute approximate surface area is 190 Å². The summed E-state index contributed by atoms with van der Waals surface area (Å²) in [6.07, 6.45) is -3.23. The summed E-state index contributed by atoms with van der Waals surface area (Å²) in [5.74, 6) is -1.91. The Morgan fingerprint density at radius 2 is 1.69 bits per heavy atom. The molecule has 166 valence electrons. The summed E-state index contributed by atoms with van der Waals surface area (Å²) in [6.45, 7) is 3.31. The van der Waals surface area contributed by atoms with Crippen LogP contribution in [0, 0.1) is 13.8 Å². The van der Waals surface area contributed by atoms with E-state index in [9.17, 15) is 22.8 Å². The summed E-state index contributed by atoms with van der Waals surface area (Å²) in [7, 11) is 0. The van der Waals surface area contributed by atoms with Crippen molar-refractivity contribution in [1.82, 2.24) is 9.99 Å². The number of hydrazone groups is 1. The number of rotatable bonds is 4. The highest BCUT2D eigenvalue weighted by molar-refractivity contribution is 9.10. The molecule has 0 unspecified atom stereocenters. The molecule has 0 radical (unpaired) electrons. The molecule has 3 aromatic rings. The third-order valence-electron chi connectivity index (χ3n) is 4.62. The zero-order valence-electron chi connectivity index (χ0n) is 17.0. The van der Waals surface area contributed by atoms with Crippen molar-refractivity contribution in [2.24, 2.45) is 5.10 Å². The van der Waals surface area contributed by atoms with Crippen LogP contribution in [0.2, 0.25) is 0 Å². The molecule has 0 aliphatic rings. The third kappa shape index (κ3) is 5.08. The lowest BCUT2D eigenvalue weighted by Gasteiger charge is -2.16. The van der Waals surface area contributed by atoms with Gasteiger partial charge in [-0.1, -0.05) is 24.3 Å². The summed E-state index contributed by atoms with van der Waals surface area (Å²) < 4.78 is 42.3. The number of amides is 2. The Balaban J connectivity index is 1.77. The molecule has 0 atom stereocenters. The Bertz CT molecular complexity index is 1200. The molecule has 0 saturated heterocycles. The van der Waals surface area contributed by atoms with Crippen molar-refractivity contribution in [3.05, 3.63) is 81.6 Å². The van der Waals surface area contributed by atoms with Crippen molar-refractivity contribution in [3.8, 4) is 5.69 Å². The maximum atomic E-state index is 13.4. The number of anilines is 1. The lowest BCUT2D eigenvalue weighted by Crippen LogP contribution is -2.32. The zero-order valence-corrected chi connectivity index (χ0v) is 18.6. The molecule has 0 spiro atoms. The van der Waals surface area contributed by atoms with Crippen LogP contribution in [0.25, 0.3) is 5.69 Å². The second-order valence-corrected chi connectivity index (χ2v) is 7.66. The number of para-hydroxylation sites is 2. The van der Waals surface area contributed by atoms with Gasteiger partial charge in [-0.15, -0.1) is 0 Å². The number of benzene rings is 2. The number of alkyl halides is 3. The van der Waals surface area contributed by atoms with Crippen LogP contribution in [0.3, 0.4) is 0 Å². The van der Waals surface area contributed by atoms with Gasteiger partial charge in [0.05, 0.1) is 23.2 Å².